The number of para-hydroxylation sites is 2. The number of hydrogen-bond donors (Lipinski definition) is 7. The lowest BCUT2D eigenvalue weighted by Gasteiger charge is -2.36. The van der Waals surface area contributed by atoms with Crippen LogP contribution in [0.25, 0.3) is 10.9 Å². The van der Waals surface area contributed by atoms with E-state index in [0.717, 1.165) is 17.0 Å². The van der Waals surface area contributed by atoms with Crippen molar-refractivity contribution in [3.63, 3.8) is 0 Å². The quantitative estimate of drug-likeness (QED) is 0.0823. The van der Waals surface area contributed by atoms with Crippen molar-refractivity contribution in [2.45, 2.75) is 82.2 Å². The number of aliphatic carboxylic acids is 2. The summed E-state index contributed by atoms with van der Waals surface area (Å²) in [5, 5.41) is 41.2. The van der Waals surface area contributed by atoms with E-state index in [4.69, 9.17) is 0 Å². The van der Waals surface area contributed by atoms with Gasteiger partial charge in [-0.15, -0.1) is 11.3 Å². The Morgan fingerprint density at radius 1 is 0.621 bits per heavy atom. The fourth-order valence-corrected chi connectivity index (χ4v) is 8.63. The number of aromatic nitrogens is 1. The lowest BCUT2D eigenvalue weighted by molar-refractivity contribution is -0.307. The minimum atomic E-state index is -1.95. The van der Waals surface area contributed by atoms with Crippen LogP contribution in [0.1, 0.15) is 56.0 Å². The van der Waals surface area contributed by atoms with Gasteiger partial charge in [-0.05, 0) is 47.5 Å². The number of piperazine rings is 1. The molecule has 7 amide bonds. The van der Waals surface area contributed by atoms with Crippen molar-refractivity contribution in [2.75, 3.05) is 31.1 Å². The highest BCUT2D eigenvalue weighted by Gasteiger charge is 2.37. The Morgan fingerprint density at radius 3 is 1.74 bits per heavy atom. The van der Waals surface area contributed by atoms with Gasteiger partial charge in [-0.2, -0.15) is 0 Å². The van der Waals surface area contributed by atoms with E-state index in [2.05, 4.69) is 36.9 Å². The summed E-state index contributed by atoms with van der Waals surface area (Å²) in [6, 6.07) is 9.57. The standard InChI is InChI=1S/C45H53N9O11S/c1-25(2)19-30-40(60)47-31(20-26-24-46-29-12-7-6-11-28(26)29)41(61)49-33(22-37(56)57)43(63)48-32(21-36(55)54-16-14-53(15-17-54)27-9-4-3-5-10-27)42(62)50-34(23-38(58)59)44(64)52-39(45(65)51-30)35-13-8-18-66-35/h3-13,18,24-25,30-34,39,46H,14-17,19-23H2,1-2H3,(H,47,60)(H,48,63)(H,49,61)(H,50,62)(H,51,65)(H,52,64)(H,56,57)(H,58,59)/p-2/t30-,31+,32-,33+,34-,39-/m0/s1. The zero-order valence-electron chi connectivity index (χ0n) is 36.2. The number of rotatable bonds is 12. The Bertz CT molecular complexity index is 2420. The van der Waals surface area contributed by atoms with Gasteiger partial charge in [-0.25, -0.2) is 0 Å². The van der Waals surface area contributed by atoms with Crippen molar-refractivity contribution in [3.05, 3.63) is 88.7 Å². The maximum absolute atomic E-state index is 14.3. The first-order valence-corrected chi connectivity index (χ1v) is 22.3. The first-order chi connectivity index (χ1) is 31.6. The fraction of sp³-hybridized carbons (Fsp3) is 0.400. The molecule has 2 aromatic carbocycles. The minimum Gasteiger partial charge on any atom is -0.550 e. The van der Waals surface area contributed by atoms with Gasteiger partial charge < -0.3 is 66.5 Å². The average molecular weight is 926 g/mol. The molecule has 2 saturated heterocycles. The molecule has 2 fully saturated rings. The van der Waals surface area contributed by atoms with Gasteiger partial charge in [0.05, 0.1) is 6.42 Å². The number of thiophene rings is 1. The summed E-state index contributed by atoms with van der Waals surface area (Å²) >= 11 is 1.06. The molecule has 20 nitrogen and oxygen atoms in total. The van der Waals surface area contributed by atoms with E-state index in [1.54, 1.807) is 55.8 Å². The van der Waals surface area contributed by atoms with Crippen LogP contribution in [0.4, 0.5) is 5.69 Å². The number of carboxylic acids is 2. The topological polar surface area (TPSA) is 294 Å². The van der Waals surface area contributed by atoms with Crippen LogP contribution in [-0.4, -0.2) is 120 Å². The average Bonchev–Trinajstić information content (AvgIpc) is 3.97. The van der Waals surface area contributed by atoms with Gasteiger partial charge in [0.25, 0.3) is 0 Å². The number of hydrogen-bond acceptors (Lipinski definition) is 13. The molecule has 7 N–H and O–H groups in total. The van der Waals surface area contributed by atoms with Crippen LogP contribution in [0, 0.1) is 5.92 Å². The van der Waals surface area contributed by atoms with Crippen LogP contribution in [-0.2, 0) is 49.6 Å². The van der Waals surface area contributed by atoms with Crippen LogP contribution >= 0.6 is 11.3 Å². The monoisotopic (exact) mass is 925 g/mol. The molecule has 4 heterocycles. The van der Waals surface area contributed by atoms with Gasteiger partial charge in [0.2, 0.25) is 41.4 Å². The second kappa shape index (κ2) is 22.1. The van der Waals surface area contributed by atoms with Crippen molar-refractivity contribution >= 4 is 81.2 Å². The van der Waals surface area contributed by atoms with Crippen molar-refractivity contribution in [1.29, 1.82) is 0 Å². The number of carbonyl (C=O) groups excluding carboxylic acids is 9. The molecule has 0 unspecified atom stereocenters. The fourth-order valence-electron chi connectivity index (χ4n) is 7.86. The largest absolute Gasteiger partial charge is 0.550 e. The lowest BCUT2D eigenvalue weighted by atomic mass is 10.00. The van der Waals surface area contributed by atoms with Crippen molar-refractivity contribution in [2.24, 2.45) is 5.92 Å². The maximum atomic E-state index is 14.3. The van der Waals surface area contributed by atoms with Crippen LogP contribution in [0.15, 0.2) is 78.3 Å². The number of carboxylic acid groups (broad SMARTS) is 2. The van der Waals surface area contributed by atoms with E-state index in [1.807, 2.05) is 35.2 Å². The SMILES string of the molecule is CC(C)C[C@@H]1NC(=O)[C@H](c2cccs2)NC(=O)[C@H](CC(=O)[O-])NC(=O)[C@H](CC(=O)N2CCN(c3ccccc3)CC2)NC(=O)[C@@H](CC(=O)[O-])NC(=O)[C@@H](Cc2c[nH]c3ccccc23)NC1=O. The number of benzene rings is 2. The lowest BCUT2D eigenvalue weighted by Crippen LogP contribution is -2.62. The zero-order chi connectivity index (χ0) is 47.5. The molecule has 0 spiro atoms. The Morgan fingerprint density at radius 2 is 1.15 bits per heavy atom. The summed E-state index contributed by atoms with van der Waals surface area (Å²) in [6.07, 6.45) is -1.52. The summed E-state index contributed by atoms with van der Waals surface area (Å²) in [4.78, 5) is 130. The number of aromatic amines is 1. The zero-order valence-corrected chi connectivity index (χ0v) is 37.0. The van der Waals surface area contributed by atoms with Gasteiger partial charge >= 0.3 is 0 Å². The Labute approximate surface area is 383 Å². The number of carbonyl (C=O) groups is 9. The van der Waals surface area contributed by atoms with Gasteiger partial charge in [0.1, 0.15) is 36.3 Å². The normalized spacial score (nSPS) is 22.8. The van der Waals surface area contributed by atoms with Gasteiger partial charge in [0, 0.05) is 85.0 Å². The highest BCUT2D eigenvalue weighted by molar-refractivity contribution is 7.10. The van der Waals surface area contributed by atoms with E-state index < -0.39 is 109 Å². The first kappa shape index (κ1) is 48.2. The highest BCUT2D eigenvalue weighted by atomic mass is 32.1. The van der Waals surface area contributed by atoms with Gasteiger partial charge in [0.15, 0.2) is 0 Å². The molecule has 2 aliphatic rings. The third-order valence-corrected chi connectivity index (χ3v) is 12.2. The summed E-state index contributed by atoms with van der Waals surface area (Å²) in [5.74, 6) is -10.8. The second-order valence-electron chi connectivity index (χ2n) is 16.5. The molecule has 0 radical (unpaired) electrons. The molecule has 66 heavy (non-hydrogen) atoms. The van der Waals surface area contributed by atoms with E-state index in [0.29, 0.717) is 29.6 Å². The van der Waals surface area contributed by atoms with Gasteiger partial charge in [-0.1, -0.05) is 56.3 Å². The molecule has 0 bridgehead atoms. The molecule has 21 heteroatoms. The number of amides is 7. The summed E-state index contributed by atoms with van der Waals surface area (Å²) in [7, 11) is 0. The van der Waals surface area contributed by atoms with Crippen LogP contribution in [0.3, 0.4) is 0 Å². The number of nitrogens with one attached hydrogen (secondary N) is 7. The number of anilines is 1. The highest BCUT2D eigenvalue weighted by Crippen LogP contribution is 2.23. The Kier molecular flexibility index (Phi) is 16.1. The van der Waals surface area contributed by atoms with E-state index in [1.165, 1.54) is 11.0 Å². The molecule has 0 aliphatic carbocycles. The Balaban J connectivity index is 1.36. The molecule has 0 saturated carbocycles. The molecular weight excluding hydrogens is 875 g/mol. The smallest absolute Gasteiger partial charge is 0.248 e. The van der Waals surface area contributed by atoms with E-state index in [9.17, 15) is 53.4 Å². The predicted octanol–water partition coefficient (Wildman–Crippen LogP) is -1.87. The van der Waals surface area contributed by atoms with Gasteiger partial charge in [-0.3, -0.25) is 33.6 Å². The second-order valence-corrected chi connectivity index (χ2v) is 17.5. The van der Waals surface area contributed by atoms with Crippen LogP contribution < -0.4 is 47.0 Å². The molecule has 6 atom stereocenters. The van der Waals surface area contributed by atoms with Crippen molar-refractivity contribution in [3.8, 4) is 0 Å². The molecule has 350 valence electrons. The van der Waals surface area contributed by atoms with Crippen molar-refractivity contribution in [1.82, 2.24) is 41.8 Å². The third kappa shape index (κ3) is 12.7. The molecule has 6 rings (SSSR count). The Hall–Kier alpha value is -7.29. The van der Waals surface area contributed by atoms with E-state index >= 15 is 0 Å². The van der Waals surface area contributed by atoms with Crippen LogP contribution in [0.2, 0.25) is 0 Å². The number of fused-ring (bicyclic) bond motifs is 1. The minimum absolute atomic E-state index is 0.0337. The third-order valence-electron chi connectivity index (χ3n) is 11.2. The predicted molar refractivity (Wildman–Crippen MR) is 235 cm³/mol. The summed E-state index contributed by atoms with van der Waals surface area (Å²) in [6.45, 7) is 4.82. The molecule has 2 aromatic heterocycles. The molecule has 4 aromatic rings. The van der Waals surface area contributed by atoms with E-state index in [-0.39, 0.29) is 36.7 Å². The molecule has 2 aliphatic heterocycles. The number of H-pyrrole nitrogens is 1. The summed E-state index contributed by atoms with van der Waals surface area (Å²) in [5.41, 5.74) is 2.19. The first-order valence-electron chi connectivity index (χ1n) is 21.4. The van der Waals surface area contributed by atoms with Crippen molar-refractivity contribution < 1.29 is 53.4 Å². The summed E-state index contributed by atoms with van der Waals surface area (Å²) < 4.78 is 0. The maximum Gasteiger partial charge on any atom is 0.248 e. The molecular formula is C45H51N9O11S-2. The van der Waals surface area contributed by atoms with Crippen LogP contribution in [0.5, 0.6) is 0 Å². The number of nitrogens with zero attached hydrogens (tertiary/aromatic N) is 2.